The van der Waals surface area contributed by atoms with Crippen molar-refractivity contribution in [2.24, 2.45) is 5.92 Å². The summed E-state index contributed by atoms with van der Waals surface area (Å²) < 4.78 is 24.2. The van der Waals surface area contributed by atoms with Crippen LogP contribution in [0.1, 0.15) is 11.5 Å². The largest absolute Gasteiger partial charge is 0.481 e. The number of hydrogen-bond donors (Lipinski definition) is 1. The Kier molecular flexibility index (Phi) is 3.36. The number of carboxylic acids is 1. The highest BCUT2D eigenvalue weighted by molar-refractivity contribution is 7.88. The molecule has 2 atom stereocenters. The molecule has 0 amide bonds. The third kappa shape index (κ3) is 2.51. The molecule has 0 bridgehead atoms. The molecule has 0 aromatic carbocycles. The monoisotopic (exact) mass is 270 g/mol. The summed E-state index contributed by atoms with van der Waals surface area (Å²) in [6, 6.07) is 3.50. The Hall–Kier alpha value is -1.47. The zero-order chi connectivity index (χ0) is 13.3. The molecule has 0 spiro atoms. The molecule has 1 fully saturated rings. The second-order valence-corrected chi connectivity index (χ2v) is 6.40. The molecule has 0 unspecified atom stereocenters. The maximum atomic E-state index is 11.5. The normalized spacial score (nSPS) is 25.2. The van der Waals surface area contributed by atoms with Crippen molar-refractivity contribution >= 4 is 16.0 Å². The summed E-state index contributed by atoms with van der Waals surface area (Å²) in [4.78, 5) is 15.2. The molecule has 1 saturated heterocycles. The molecule has 0 aliphatic carbocycles. The quantitative estimate of drug-likeness (QED) is 0.844. The molecule has 98 valence electrons. The number of sulfonamides is 1. The number of carbonyl (C=O) groups is 1. The average molecular weight is 270 g/mol. The Morgan fingerprint density at radius 3 is 2.72 bits per heavy atom. The molecule has 7 heteroatoms. The fourth-order valence-corrected chi connectivity index (χ4v) is 3.08. The summed E-state index contributed by atoms with van der Waals surface area (Å²) >= 11 is 0. The van der Waals surface area contributed by atoms with E-state index in [4.69, 9.17) is 0 Å². The van der Waals surface area contributed by atoms with Crippen molar-refractivity contribution in [3.63, 3.8) is 0 Å². The minimum absolute atomic E-state index is 0.0216. The summed E-state index contributed by atoms with van der Waals surface area (Å²) in [5.74, 6) is -2.04. The van der Waals surface area contributed by atoms with Gasteiger partial charge < -0.3 is 5.11 Å². The van der Waals surface area contributed by atoms with Gasteiger partial charge in [0.05, 0.1) is 12.2 Å². The van der Waals surface area contributed by atoms with E-state index in [1.165, 1.54) is 4.31 Å². The van der Waals surface area contributed by atoms with Gasteiger partial charge in [0.2, 0.25) is 10.0 Å². The molecule has 1 aliphatic heterocycles. The second kappa shape index (κ2) is 4.66. The fourth-order valence-electron chi connectivity index (χ4n) is 2.22. The number of rotatable bonds is 3. The Labute approximate surface area is 105 Å². The first kappa shape index (κ1) is 13.0. The van der Waals surface area contributed by atoms with Gasteiger partial charge in [-0.3, -0.25) is 9.78 Å². The topological polar surface area (TPSA) is 87.6 Å². The number of aliphatic carboxylic acids is 1. The van der Waals surface area contributed by atoms with E-state index < -0.39 is 21.9 Å². The lowest BCUT2D eigenvalue weighted by Gasteiger charge is -2.14. The first-order valence-corrected chi connectivity index (χ1v) is 7.32. The van der Waals surface area contributed by atoms with E-state index in [0.29, 0.717) is 0 Å². The summed E-state index contributed by atoms with van der Waals surface area (Å²) in [6.07, 6.45) is 4.28. The van der Waals surface area contributed by atoms with Crippen LogP contribution in [0.5, 0.6) is 0 Å². The summed E-state index contributed by atoms with van der Waals surface area (Å²) in [5.41, 5.74) is 0.760. The number of carboxylic acid groups (broad SMARTS) is 1. The predicted octanol–water partition coefficient (Wildman–Crippen LogP) is 0.141. The number of hydrogen-bond acceptors (Lipinski definition) is 4. The third-order valence-electron chi connectivity index (χ3n) is 3.19. The fraction of sp³-hybridized carbons (Fsp3) is 0.455. The highest BCUT2D eigenvalue weighted by Crippen LogP contribution is 2.33. The smallest absolute Gasteiger partial charge is 0.308 e. The summed E-state index contributed by atoms with van der Waals surface area (Å²) in [6.45, 7) is 0.217. The van der Waals surface area contributed by atoms with Crippen LogP contribution in [0.3, 0.4) is 0 Å². The minimum Gasteiger partial charge on any atom is -0.481 e. The molecule has 2 heterocycles. The van der Waals surface area contributed by atoms with E-state index in [1.54, 1.807) is 24.5 Å². The van der Waals surface area contributed by atoms with Crippen molar-refractivity contribution in [2.75, 3.05) is 19.3 Å². The van der Waals surface area contributed by atoms with Crippen molar-refractivity contribution in [2.45, 2.75) is 5.92 Å². The Bertz CT molecular complexity index is 543. The number of pyridine rings is 1. The van der Waals surface area contributed by atoms with Crippen LogP contribution in [-0.2, 0) is 14.8 Å². The molecule has 6 nitrogen and oxygen atoms in total. The van der Waals surface area contributed by atoms with Crippen molar-refractivity contribution in [3.8, 4) is 0 Å². The van der Waals surface area contributed by atoms with Crippen LogP contribution in [0.4, 0.5) is 0 Å². The molecule has 18 heavy (non-hydrogen) atoms. The van der Waals surface area contributed by atoms with Gasteiger partial charge in [-0.1, -0.05) is 6.07 Å². The van der Waals surface area contributed by atoms with Crippen LogP contribution < -0.4 is 0 Å². The van der Waals surface area contributed by atoms with Gasteiger partial charge in [-0.05, 0) is 11.6 Å². The van der Waals surface area contributed by atoms with Gasteiger partial charge in [0.1, 0.15) is 0 Å². The van der Waals surface area contributed by atoms with Crippen molar-refractivity contribution in [1.82, 2.24) is 9.29 Å². The summed E-state index contributed by atoms with van der Waals surface area (Å²) in [7, 11) is -3.36. The van der Waals surface area contributed by atoms with Crippen LogP contribution in [0, 0.1) is 5.92 Å². The van der Waals surface area contributed by atoms with Crippen molar-refractivity contribution in [1.29, 1.82) is 0 Å². The summed E-state index contributed by atoms with van der Waals surface area (Å²) in [5, 5.41) is 9.19. The van der Waals surface area contributed by atoms with Gasteiger partial charge in [0.15, 0.2) is 0 Å². The van der Waals surface area contributed by atoms with Crippen LogP contribution in [0.2, 0.25) is 0 Å². The molecular formula is C11H14N2O4S. The molecule has 1 aromatic heterocycles. The van der Waals surface area contributed by atoms with Crippen molar-refractivity contribution in [3.05, 3.63) is 30.1 Å². The van der Waals surface area contributed by atoms with Crippen LogP contribution >= 0.6 is 0 Å². The van der Waals surface area contributed by atoms with Gasteiger partial charge in [-0.15, -0.1) is 0 Å². The molecule has 0 saturated carbocycles. The molecule has 1 N–H and O–H groups in total. The number of aromatic nitrogens is 1. The number of nitrogens with zero attached hydrogens (tertiary/aromatic N) is 2. The Morgan fingerprint density at radius 2 is 2.22 bits per heavy atom. The average Bonchev–Trinajstić information content (AvgIpc) is 2.74. The van der Waals surface area contributed by atoms with E-state index in [2.05, 4.69) is 4.98 Å². The molecular weight excluding hydrogens is 256 g/mol. The third-order valence-corrected chi connectivity index (χ3v) is 4.42. The van der Waals surface area contributed by atoms with Gasteiger partial charge >= 0.3 is 5.97 Å². The van der Waals surface area contributed by atoms with E-state index in [1.807, 2.05) is 0 Å². The molecule has 2 rings (SSSR count). The maximum absolute atomic E-state index is 11.5. The van der Waals surface area contributed by atoms with Gasteiger partial charge in [-0.25, -0.2) is 12.7 Å². The van der Waals surface area contributed by atoms with E-state index in [9.17, 15) is 18.3 Å². The minimum atomic E-state index is -3.36. The first-order chi connectivity index (χ1) is 8.39. The van der Waals surface area contributed by atoms with E-state index in [-0.39, 0.29) is 19.0 Å². The van der Waals surface area contributed by atoms with Gasteiger partial charge in [0, 0.05) is 31.4 Å². The highest BCUT2D eigenvalue weighted by Gasteiger charge is 2.41. The van der Waals surface area contributed by atoms with E-state index >= 15 is 0 Å². The molecule has 0 radical (unpaired) electrons. The lowest BCUT2D eigenvalue weighted by Crippen LogP contribution is -2.28. The highest BCUT2D eigenvalue weighted by atomic mass is 32.2. The Morgan fingerprint density at radius 1 is 1.50 bits per heavy atom. The van der Waals surface area contributed by atoms with E-state index in [0.717, 1.165) is 11.8 Å². The second-order valence-electron chi connectivity index (χ2n) is 4.42. The van der Waals surface area contributed by atoms with Crippen molar-refractivity contribution < 1.29 is 18.3 Å². The van der Waals surface area contributed by atoms with Gasteiger partial charge in [0.25, 0.3) is 0 Å². The SMILES string of the molecule is CS(=O)(=O)N1C[C@H](C(=O)O)[C@@H](c2cccnc2)C1. The predicted molar refractivity (Wildman–Crippen MR) is 64.5 cm³/mol. The molecule has 1 aromatic rings. The van der Waals surface area contributed by atoms with Crippen LogP contribution in [0.15, 0.2) is 24.5 Å². The zero-order valence-corrected chi connectivity index (χ0v) is 10.7. The van der Waals surface area contributed by atoms with Crippen LogP contribution in [-0.4, -0.2) is 48.1 Å². The lowest BCUT2D eigenvalue weighted by molar-refractivity contribution is -0.141. The first-order valence-electron chi connectivity index (χ1n) is 5.47. The standard InChI is InChI=1S/C11H14N2O4S/c1-18(16,17)13-6-9(10(7-13)11(14)15)8-3-2-4-12-5-8/h2-5,9-10H,6-7H2,1H3,(H,14,15)/t9-,10+/m1/s1. The van der Waals surface area contributed by atoms with Crippen LogP contribution in [0.25, 0.3) is 0 Å². The van der Waals surface area contributed by atoms with Gasteiger partial charge in [-0.2, -0.15) is 0 Å². The lowest BCUT2D eigenvalue weighted by atomic mass is 9.90. The maximum Gasteiger partial charge on any atom is 0.308 e. The zero-order valence-electron chi connectivity index (χ0n) is 9.85. The molecule has 1 aliphatic rings. The Balaban J connectivity index is 2.32.